The molecule has 0 aliphatic rings. The van der Waals surface area contributed by atoms with Crippen LogP contribution in [0.1, 0.15) is 15.4 Å². The SMILES string of the molecule is COc1ccc(-c2c(C)sc(=NC(=O)c3ccco3)n2C)cc1. The molecule has 0 aliphatic heterocycles. The second-order valence-electron chi connectivity index (χ2n) is 4.97. The van der Waals surface area contributed by atoms with Gasteiger partial charge >= 0.3 is 5.91 Å². The quantitative estimate of drug-likeness (QED) is 0.740. The van der Waals surface area contributed by atoms with E-state index in [9.17, 15) is 4.79 Å². The van der Waals surface area contributed by atoms with Crippen molar-refractivity contribution in [3.63, 3.8) is 0 Å². The Morgan fingerprint density at radius 2 is 2.00 bits per heavy atom. The van der Waals surface area contributed by atoms with Crippen molar-refractivity contribution in [2.75, 3.05) is 7.11 Å². The molecular weight excluding hydrogens is 312 g/mol. The number of methoxy groups -OCH3 is 1. The summed E-state index contributed by atoms with van der Waals surface area (Å²) in [6.45, 7) is 2.01. The summed E-state index contributed by atoms with van der Waals surface area (Å²) in [5.41, 5.74) is 2.08. The minimum atomic E-state index is -0.381. The summed E-state index contributed by atoms with van der Waals surface area (Å²) in [6.07, 6.45) is 1.46. The standard InChI is InChI=1S/C17H16N2O3S/c1-11-15(12-6-8-13(21-3)9-7-12)19(2)17(23-11)18-16(20)14-5-4-10-22-14/h4-10H,1-3H3. The highest BCUT2D eigenvalue weighted by atomic mass is 32.1. The normalized spacial score (nSPS) is 11.7. The largest absolute Gasteiger partial charge is 0.497 e. The Morgan fingerprint density at radius 1 is 1.26 bits per heavy atom. The first-order chi connectivity index (χ1) is 11.1. The van der Waals surface area contributed by atoms with Crippen molar-refractivity contribution in [2.24, 2.45) is 12.0 Å². The van der Waals surface area contributed by atoms with Gasteiger partial charge in [0.1, 0.15) is 5.75 Å². The molecule has 23 heavy (non-hydrogen) atoms. The predicted octanol–water partition coefficient (Wildman–Crippen LogP) is 3.40. The molecule has 0 unspecified atom stereocenters. The number of ether oxygens (including phenoxy) is 1. The van der Waals surface area contributed by atoms with Crippen LogP contribution in [0, 0.1) is 6.92 Å². The minimum Gasteiger partial charge on any atom is -0.497 e. The fourth-order valence-electron chi connectivity index (χ4n) is 2.37. The fourth-order valence-corrected chi connectivity index (χ4v) is 3.35. The number of aromatic nitrogens is 1. The van der Waals surface area contributed by atoms with Crippen LogP contribution in [-0.4, -0.2) is 17.6 Å². The van der Waals surface area contributed by atoms with Crippen molar-refractivity contribution in [3.05, 3.63) is 58.1 Å². The van der Waals surface area contributed by atoms with Crippen molar-refractivity contribution >= 4 is 17.2 Å². The zero-order chi connectivity index (χ0) is 16.4. The van der Waals surface area contributed by atoms with Gasteiger partial charge in [0.15, 0.2) is 10.6 Å². The highest BCUT2D eigenvalue weighted by molar-refractivity contribution is 7.09. The third-order valence-corrected chi connectivity index (χ3v) is 4.54. The number of carbonyl (C=O) groups excluding carboxylic acids is 1. The Balaban J connectivity index is 2.04. The third kappa shape index (κ3) is 2.98. The van der Waals surface area contributed by atoms with Crippen LogP contribution < -0.4 is 9.54 Å². The molecule has 3 aromatic rings. The average molecular weight is 328 g/mol. The smallest absolute Gasteiger partial charge is 0.315 e. The summed E-state index contributed by atoms with van der Waals surface area (Å²) >= 11 is 1.47. The first-order valence-electron chi connectivity index (χ1n) is 7.03. The van der Waals surface area contributed by atoms with Gasteiger partial charge in [-0.3, -0.25) is 4.79 Å². The third-order valence-electron chi connectivity index (χ3n) is 3.49. The van der Waals surface area contributed by atoms with E-state index in [1.54, 1.807) is 19.2 Å². The molecule has 2 heterocycles. The topological polar surface area (TPSA) is 56.7 Å². The van der Waals surface area contributed by atoms with Crippen molar-refractivity contribution in [1.82, 2.24) is 4.57 Å². The zero-order valence-corrected chi connectivity index (χ0v) is 13.9. The van der Waals surface area contributed by atoms with Crippen molar-refractivity contribution in [3.8, 4) is 17.0 Å². The van der Waals surface area contributed by atoms with Crippen LogP contribution in [0.3, 0.4) is 0 Å². The number of hydrogen-bond acceptors (Lipinski definition) is 4. The second kappa shape index (κ2) is 6.26. The van der Waals surface area contributed by atoms with E-state index in [4.69, 9.17) is 9.15 Å². The first kappa shape index (κ1) is 15.3. The van der Waals surface area contributed by atoms with Gasteiger partial charge in [0, 0.05) is 11.9 Å². The molecule has 0 saturated carbocycles. The Hall–Kier alpha value is -2.60. The van der Waals surface area contributed by atoms with E-state index in [0.29, 0.717) is 4.80 Å². The molecule has 0 fully saturated rings. The molecule has 1 amide bonds. The molecule has 1 aromatic carbocycles. The van der Waals surface area contributed by atoms with Crippen molar-refractivity contribution in [2.45, 2.75) is 6.92 Å². The molecule has 0 aliphatic carbocycles. The number of hydrogen-bond donors (Lipinski definition) is 0. The van der Waals surface area contributed by atoms with Crippen LogP contribution in [0.25, 0.3) is 11.3 Å². The maximum absolute atomic E-state index is 12.1. The molecule has 0 spiro atoms. The second-order valence-corrected chi connectivity index (χ2v) is 6.15. The molecule has 3 rings (SSSR count). The number of rotatable bonds is 3. The molecule has 118 valence electrons. The number of aryl methyl sites for hydroxylation is 1. The molecule has 6 heteroatoms. The molecule has 0 saturated heterocycles. The Labute approximate surface area is 137 Å². The van der Waals surface area contributed by atoms with Gasteiger partial charge in [-0.2, -0.15) is 4.99 Å². The van der Waals surface area contributed by atoms with Gasteiger partial charge in [-0.1, -0.05) is 0 Å². The van der Waals surface area contributed by atoms with Crippen LogP contribution in [0.2, 0.25) is 0 Å². The van der Waals surface area contributed by atoms with Gasteiger partial charge in [0.05, 0.1) is 19.1 Å². The maximum atomic E-state index is 12.1. The van der Waals surface area contributed by atoms with Gasteiger partial charge in [-0.05, 0) is 48.9 Å². The summed E-state index contributed by atoms with van der Waals surface area (Å²) in [5.74, 6) is 0.664. The molecule has 0 bridgehead atoms. The Bertz CT molecular complexity index is 887. The first-order valence-corrected chi connectivity index (χ1v) is 7.85. The highest BCUT2D eigenvalue weighted by Crippen LogP contribution is 2.26. The summed E-state index contributed by atoms with van der Waals surface area (Å²) < 4.78 is 12.2. The lowest BCUT2D eigenvalue weighted by molar-refractivity contribution is 0.0971. The number of benzene rings is 1. The van der Waals surface area contributed by atoms with E-state index in [1.807, 2.05) is 42.8 Å². The lowest BCUT2D eigenvalue weighted by atomic mass is 10.1. The molecule has 0 N–H and O–H groups in total. The van der Waals surface area contributed by atoms with Crippen molar-refractivity contribution < 1.29 is 13.9 Å². The summed E-state index contributed by atoms with van der Waals surface area (Å²) in [6, 6.07) is 11.1. The Kier molecular flexibility index (Phi) is 4.16. The summed E-state index contributed by atoms with van der Waals surface area (Å²) in [7, 11) is 3.54. The van der Waals surface area contributed by atoms with Crippen LogP contribution in [-0.2, 0) is 7.05 Å². The van der Waals surface area contributed by atoms with E-state index in [0.717, 1.165) is 21.9 Å². The summed E-state index contributed by atoms with van der Waals surface area (Å²) in [5, 5.41) is 0. The molecule has 2 aromatic heterocycles. The van der Waals surface area contributed by atoms with Crippen LogP contribution in [0.15, 0.2) is 52.1 Å². The fraction of sp³-hybridized carbons (Fsp3) is 0.176. The van der Waals surface area contributed by atoms with Gasteiger partial charge in [0.25, 0.3) is 0 Å². The number of thiazole rings is 1. The van der Waals surface area contributed by atoms with Gasteiger partial charge in [-0.15, -0.1) is 11.3 Å². The molecule has 5 nitrogen and oxygen atoms in total. The van der Waals surface area contributed by atoms with E-state index in [2.05, 4.69) is 4.99 Å². The molecule has 0 atom stereocenters. The van der Waals surface area contributed by atoms with Gasteiger partial charge in [0.2, 0.25) is 0 Å². The highest BCUT2D eigenvalue weighted by Gasteiger charge is 2.12. The molecule has 0 radical (unpaired) electrons. The molecular formula is C17H16N2O3S. The zero-order valence-electron chi connectivity index (χ0n) is 13.1. The number of nitrogens with zero attached hydrogens (tertiary/aromatic N) is 2. The van der Waals surface area contributed by atoms with Crippen LogP contribution in [0.5, 0.6) is 5.75 Å². The van der Waals surface area contributed by atoms with Crippen molar-refractivity contribution in [1.29, 1.82) is 0 Å². The Morgan fingerprint density at radius 3 is 2.61 bits per heavy atom. The lowest BCUT2D eigenvalue weighted by Gasteiger charge is -2.06. The summed E-state index contributed by atoms with van der Waals surface area (Å²) in [4.78, 5) is 18.0. The van der Waals surface area contributed by atoms with E-state index in [1.165, 1.54) is 17.6 Å². The number of amides is 1. The van der Waals surface area contributed by atoms with E-state index in [-0.39, 0.29) is 11.7 Å². The van der Waals surface area contributed by atoms with Crippen LogP contribution in [0.4, 0.5) is 0 Å². The monoisotopic (exact) mass is 328 g/mol. The predicted molar refractivity (Wildman–Crippen MR) is 88.6 cm³/mol. The van der Waals surface area contributed by atoms with Crippen LogP contribution >= 0.6 is 11.3 Å². The van der Waals surface area contributed by atoms with Gasteiger partial charge in [-0.25, -0.2) is 0 Å². The maximum Gasteiger partial charge on any atom is 0.315 e. The average Bonchev–Trinajstić information content (AvgIpc) is 3.17. The minimum absolute atomic E-state index is 0.238. The number of carbonyl (C=O) groups is 1. The van der Waals surface area contributed by atoms with E-state index >= 15 is 0 Å². The van der Waals surface area contributed by atoms with Gasteiger partial charge < -0.3 is 13.7 Å². The van der Waals surface area contributed by atoms with E-state index < -0.39 is 0 Å². The number of furan rings is 1. The lowest BCUT2D eigenvalue weighted by Crippen LogP contribution is -2.14.